The zero-order valence-corrected chi connectivity index (χ0v) is 11.3. The van der Waals surface area contributed by atoms with Crippen LogP contribution in [0.3, 0.4) is 0 Å². The van der Waals surface area contributed by atoms with E-state index in [1.165, 1.54) is 11.3 Å². The van der Waals surface area contributed by atoms with E-state index in [0.717, 1.165) is 13.2 Å². The first-order chi connectivity index (χ1) is 8.02. The predicted molar refractivity (Wildman–Crippen MR) is 73.4 cm³/mol. The molecule has 0 bridgehead atoms. The fourth-order valence-electron chi connectivity index (χ4n) is 1.77. The van der Waals surface area contributed by atoms with Crippen LogP contribution in [0.5, 0.6) is 0 Å². The van der Waals surface area contributed by atoms with Crippen LogP contribution < -0.4 is 10.6 Å². The van der Waals surface area contributed by atoms with Crippen molar-refractivity contribution in [2.45, 2.75) is 32.9 Å². The van der Waals surface area contributed by atoms with E-state index in [4.69, 9.17) is 10.5 Å². The molecule has 0 saturated carbocycles. The second-order valence-electron chi connectivity index (χ2n) is 4.69. The molecule has 0 saturated heterocycles. The lowest BCUT2D eigenvalue weighted by Crippen LogP contribution is -2.25. The Balaban J connectivity index is 2.65. The van der Waals surface area contributed by atoms with Gasteiger partial charge >= 0.3 is 0 Å². The lowest BCUT2D eigenvalue weighted by Gasteiger charge is -2.24. The maximum atomic E-state index is 5.97. The molecule has 0 aromatic heterocycles. The van der Waals surface area contributed by atoms with Gasteiger partial charge < -0.3 is 15.4 Å². The van der Waals surface area contributed by atoms with Gasteiger partial charge in [0.2, 0.25) is 0 Å². The zero-order valence-electron chi connectivity index (χ0n) is 11.3. The number of para-hydroxylation sites is 1. The van der Waals surface area contributed by atoms with Crippen molar-refractivity contribution in [1.82, 2.24) is 0 Å². The van der Waals surface area contributed by atoms with Gasteiger partial charge in [-0.15, -0.1) is 0 Å². The Bertz CT molecular complexity index is 337. The first-order valence-electron chi connectivity index (χ1n) is 6.19. The molecule has 3 nitrogen and oxygen atoms in total. The van der Waals surface area contributed by atoms with Crippen LogP contribution in [0.1, 0.15) is 32.4 Å². The van der Waals surface area contributed by atoms with E-state index >= 15 is 0 Å². The smallest absolute Gasteiger partial charge is 0.0644 e. The van der Waals surface area contributed by atoms with Crippen LogP contribution in [0, 0.1) is 0 Å². The Morgan fingerprint density at radius 2 is 1.88 bits per heavy atom. The number of ether oxygens (including phenoxy) is 1. The minimum Gasteiger partial charge on any atom is -0.377 e. The van der Waals surface area contributed by atoms with Crippen LogP contribution in [-0.2, 0) is 4.74 Å². The lowest BCUT2D eigenvalue weighted by atomic mass is 10.1. The van der Waals surface area contributed by atoms with Gasteiger partial charge in [0.05, 0.1) is 12.7 Å². The first-order valence-corrected chi connectivity index (χ1v) is 6.19. The fourth-order valence-corrected chi connectivity index (χ4v) is 1.77. The highest BCUT2D eigenvalue weighted by molar-refractivity contribution is 5.54. The van der Waals surface area contributed by atoms with Gasteiger partial charge in [-0.3, -0.25) is 0 Å². The summed E-state index contributed by atoms with van der Waals surface area (Å²) in [7, 11) is 2.07. The second-order valence-corrected chi connectivity index (χ2v) is 4.69. The highest BCUT2D eigenvalue weighted by Gasteiger charge is 2.09. The minimum absolute atomic E-state index is 0.0552. The number of nitrogens with zero attached hydrogens (tertiary/aromatic N) is 1. The zero-order chi connectivity index (χ0) is 12.8. The highest BCUT2D eigenvalue weighted by Crippen LogP contribution is 2.23. The quantitative estimate of drug-likeness (QED) is 0.825. The molecule has 96 valence electrons. The topological polar surface area (TPSA) is 38.5 Å². The molecule has 0 aliphatic carbocycles. The second kappa shape index (κ2) is 6.62. The third-order valence-corrected chi connectivity index (χ3v) is 2.72. The SMILES string of the molecule is CC(C)OCCN(C)c1ccccc1[C@@H](C)N. The van der Waals surface area contributed by atoms with Gasteiger partial charge in [-0.05, 0) is 32.4 Å². The molecule has 17 heavy (non-hydrogen) atoms. The lowest BCUT2D eigenvalue weighted by molar-refractivity contribution is 0.0846. The molecule has 1 aromatic carbocycles. The van der Waals surface area contributed by atoms with Crippen molar-refractivity contribution in [3.63, 3.8) is 0 Å². The number of benzene rings is 1. The molecule has 3 heteroatoms. The molecule has 0 fully saturated rings. The van der Waals surface area contributed by atoms with Crippen LogP contribution in [0.2, 0.25) is 0 Å². The number of hydrogen-bond acceptors (Lipinski definition) is 3. The van der Waals surface area contributed by atoms with Gasteiger partial charge in [0.25, 0.3) is 0 Å². The number of nitrogens with two attached hydrogens (primary N) is 1. The van der Waals surface area contributed by atoms with Crippen molar-refractivity contribution in [3.05, 3.63) is 29.8 Å². The largest absolute Gasteiger partial charge is 0.377 e. The van der Waals surface area contributed by atoms with Crippen molar-refractivity contribution in [2.24, 2.45) is 5.73 Å². The van der Waals surface area contributed by atoms with Gasteiger partial charge in [0.1, 0.15) is 0 Å². The number of anilines is 1. The van der Waals surface area contributed by atoms with Gasteiger partial charge in [0.15, 0.2) is 0 Å². The normalized spacial score (nSPS) is 12.8. The Labute approximate surface area is 105 Å². The van der Waals surface area contributed by atoms with E-state index in [0.29, 0.717) is 0 Å². The van der Waals surface area contributed by atoms with Crippen molar-refractivity contribution in [3.8, 4) is 0 Å². The average molecular weight is 236 g/mol. The number of rotatable bonds is 6. The monoisotopic (exact) mass is 236 g/mol. The van der Waals surface area contributed by atoms with Gasteiger partial charge in [-0.2, -0.15) is 0 Å². The molecule has 0 radical (unpaired) electrons. The van der Waals surface area contributed by atoms with Crippen LogP contribution in [-0.4, -0.2) is 26.3 Å². The molecule has 2 N–H and O–H groups in total. The van der Waals surface area contributed by atoms with Crippen molar-refractivity contribution in [2.75, 3.05) is 25.1 Å². The first kappa shape index (κ1) is 14.0. The van der Waals surface area contributed by atoms with Crippen molar-refractivity contribution < 1.29 is 4.74 Å². The van der Waals surface area contributed by atoms with Crippen LogP contribution in [0.4, 0.5) is 5.69 Å². The molecule has 1 aromatic rings. The van der Waals surface area contributed by atoms with Crippen LogP contribution in [0.15, 0.2) is 24.3 Å². The van der Waals surface area contributed by atoms with Crippen LogP contribution >= 0.6 is 0 Å². The van der Waals surface area contributed by atoms with E-state index in [-0.39, 0.29) is 12.1 Å². The molecular formula is C14H24N2O. The molecule has 0 unspecified atom stereocenters. The van der Waals surface area contributed by atoms with Gasteiger partial charge in [-0.25, -0.2) is 0 Å². The number of likely N-dealkylation sites (N-methyl/N-ethyl adjacent to an activating group) is 1. The highest BCUT2D eigenvalue weighted by atomic mass is 16.5. The third kappa shape index (κ3) is 4.36. The Morgan fingerprint density at radius 1 is 1.24 bits per heavy atom. The Hall–Kier alpha value is -1.06. The van der Waals surface area contributed by atoms with Crippen molar-refractivity contribution in [1.29, 1.82) is 0 Å². The molecule has 0 spiro atoms. The molecule has 0 aliphatic rings. The van der Waals surface area contributed by atoms with E-state index in [1.54, 1.807) is 0 Å². The van der Waals surface area contributed by atoms with E-state index in [1.807, 2.05) is 19.1 Å². The third-order valence-electron chi connectivity index (χ3n) is 2.72. The summed E-state index contributed by atoms with van der Waals surface area (Å²) in [4.78, 5) is 2.20. The summed E-state index contributed by atoms with van der Waals surface area (Å²) in [5.41, 5.74) is 8.34. The Kier molecular flexibility index (Phi) is 5.45. The standard InChI is InChI=1S/C14H24N2O/c1-11(2)17-10-9-16(4)14-8-6-5-7-13(14)12(3)15/h5-8,11-12H,9-10,15H2,1-4H3/t12-/m1/s1. The van der Waals surface area contributed by atoms with Gasteiger partial charge in [0, 0.05) is 25.3 Å². The summed E-state index contributed by atoms with van der Waals surface area (Å²) >= 11 is 0. The minimum atomic E-state index is 0.0552. The van der Waals surface area contributed by atoms with Crippen LogP contribution in [0.25, 0.3) is 0 Å². The maximum absolute atomic E-state index is 5.97. The molecule has 0 amide bonds. The summed E-state index contributed by atoms with van der Waals surface area (Å²) in [6.07, 6.45) is 0.284. The molecule has 1 atom stereocenters. The van der Waals surface area contributed by atoms with Crippen molar-refractivity contribution >= 4 is 5.69 Å². The molecule has 1 rings (SSSR count). The summed E-state index contributed by atoms with van der Waals surface area (Å²) < 4.78 is 5.56. The maximum Gasteiger partial charge on any atom is 0.0644 e. The van der Waals surface area contributed by atoms with E-state index in [2.05, 4.69) is 37.9 Å². The summed E-state index contributed by atoms with van der Waals surface area (Å²) in [6.45, 7) is 7.73. The molecule has 0 aliphatic heterocycles. The van der Waals surface area contributed by atoms with E-state index in [9.17, 15) is 0 Å². The van der Waals surface area contributed by atoms with Gasteiger partial charge in [-0.1, -0.05) is 18.2 Å². The summed E-state index contributed by atoms with van der Waals surface area (Å²) in [5, 5.41) is 0. The summed E-state index contributed by atoms with van der Waals surface area (Å²) in [6, 6.07) is 8.31. The predicted octanol–water partition coefficient (Wildman–Crippen LogP) is 2.57. The van der Waals surface area contributed by atoms with E-state index < -0.39 is 0 Å². The average Bonchev–Trinajstić information content (AvgIpc) is 2.28. The Morgan fingerprint density at radius 3 is 2.47 bits per heavy atom. The molecule has 0 heterocycles. The number of hydrogen-bond donors (Lipinski definition) is 1. The molecular weight excluding hydrogens is 212 g/mol. The summed E-state index contributed by atoms with van der Waals surface area (Å²) in [5.74, 6) is 0. The fraction of sp³-hybridized carbons (Fsp3) is 0.571.